The smallest absolute Gasteiger partial charge is 0.256 e. The van der Waals surface area contributed by atoms with Crippen molar-refractivity contribution in [2.75, 3.05) is 29.5 Å². The van der Waals surface area contributed by atoms with Crippen LogP contribution in [0.2, 0.25) is 5.02 Å². The predicted octanol–water partition coefficient (Wildman–Crippen LogP) is 3.19. The molecular formula is C24H22ClN7O2. The minimum Gasteiger partial charge on any atom is -0.383 e. The summed E-state index contributed by atoms with van der Waals surface area (Å²) < 4.78 is 0. The van der Waals surface area contributed by atoms with E-state index in [1.807, 2.05) is 0 Å². The van der Waals surface area contributed by atoms with Gasteiger partial charge in [-0.05, 0) is 36.4 Å². The van der Waals surface area contributed by atoms with Crippen molar-refractivity contribution >= 4 is 46.5 Å². The molecule has 10 heteroatoms. The van der Waals surface area contributed by atoms with Gasteiger partial charge in [0.1, 0.15) is 11.6 Å². The molecule has 1 aliphatic rings. The fourth-order valence-electron chi connectivity index (χ4n) is 3.58. The third-order valence-corrected chi connectivity index (χ3v) is 5.68. The molecule has 2 aromatic heterocycles. The van der Waals surface area contributed by atoms with Crippen molar-refractivity contribution in [2.45, 2.75) is 6.04 Å². The Bertz CT molecular complexity index is 1270. The summed E-state index contributed by atoms with van der Waals surface area (Å²) in [6, 6.07) is 11.6. The molecule has 34 heavy (non-hydrogen) atoms. The van der Waals surface area contributed by atoms with Crippen LogP contribution in [0, 0.1) is 5.41 Å². The Labute approximate surface area is 201 Å². The molecule has 1 fully saturated rings. The van der Waals surface area contributed by atoms with Crippen LogP contribution in [0.4, 0.5) is 17.3 Å². The average molecular weight is 476 g/mol. The molecular weight excluding hydrogens is 454 g/mol. The van der Waals surface area contributed by atoms with Crippen LogP contribution in [0.25, 0.3) is 0 Å². The van der Waals surface area contributed by atoms with Crippen LogP contribution in [-0.2, 0) is 4.79 Å². The summed E-state index contributed by atoms with van der Waals surface area (Å²) in [5.74, 6) is 0.0924. The van der Waals surface area contributed by atoms with Crippen LogP contribution in [-0.4, -0.2) is 51.5 Å². The van der Waals surface area contributed by atoms with Gasteiger partial charge in [0.2, 0.25) is 5.91 Å². The van der Waals surface area contributed by atoms with E-state index in [1.54, 1.807) is 53.7 Å². The summed E-state index contributed by atoms with van der Waals surface area (Å²) in [5.41, 5.74) is 7.91. The number of nitrogens with two attached hydrogens (primary N) is 1. The van der Waals surface area contributed by atoms with Crippen molar-refractivity contribution in [1.82, 2.24) is 14.9 Å². The van der Waals surface area contributed by atoms with Crippen LogP contribution in [0.5, 0.6) is 0 Å². The Hall–Kier alpha value is -4.24. The van der Waals surface area contributed by atoms with Gasteiger partial charge in [-0.2, -0.15) is 0 Å². The van der Waals surface area contributed by atoms with Crippen molar-refractivity contribution in [1.29, 1.82) is 5.41 Å². The number of rotatable bonds is 7. The summed E-state index contributed by atoms with van der Waals surface area (Å²) in [6.07, 6.45) is 4.41. The first-order valence-electron chi connectivity index (χ1n) is 10.4. The van der Waals surface area contributed by atoms with Crippen molar-refractivity contribution < 1.29 is 9.59 Å². The molecule has 1 saturated heterocycles. The van der Waals surface area contributed by atoms with Gasteiger partial charge in [-0.3, -0.25) is 15.0 Å². The summed E-state index contributed by atoms with van der Waals surface area (Å²) in [4.78, 5) is 34.1. The molecule has 172 valence electrons. The Morgan fingerprint density at radius 3 is 2.65 bits per heavy atom. The normalized spacial score (nSPS) is 13.0. The maximum absolute atomic E-state index is 12.5. The predicted molar refractivity (Wildman–Crippen MR) is 132 cm³/mol. The van der Waals surface area contributed by atoms with E-state index in [2.05, 4.69) is 27.2 Å². The molecule has 0 bridgehead atoms. The maximum atomic E-state index is 12.5. The topological polar surface area (TPSA) is 137 Å². The largest absolute Gasteiger partial charge is 0.383 e. The van der Waals surface area contributed by atoms with E-state index in [1.165, 1.54) is 12.1 Å². The average Bonchev–Trinajstić information content (AvgIpc) is 2.81. The van der Waals surface area contributed by atoms with Gasteiger partial charge in [-0.25, -0.2) is 9.97 Å². The number of carbonyl (C=O) groups excluding carboxylic acids is 2. The molecule has 4 rings (SSSR count). The molecule has 3 heterocycles. The highest BCUT2D eigenvalue weighted by molar-refractivity contribution is 6.36. The summed E-state index contributed by atoms with van der Waals surface area (Å²) in [7, 11) is 0. The van der Waals surface area contributed by atoms with Crippen molar-refractivity contribution in [3.63, 3.8) is 0 Å². The second-order valence-corrected chi connectivity index (χ2v) is 8.05. The molecule has 9 nitrogen and oxygen atoms in total. The summed E-state index contributed by atoms with van der Waals surface area (Å²) >= 11 is 6.47. The SMILES string of the molecule is C=CC(=O)N1CC(Nc2ccnc(N)c2C(=N)c2ccc(C(=O)Nc3ccccn3)cc2Cl)C1. The Kier molecular flexibility index (Phi) is 6.55. The lowest BCUT2D eigenvalue weighted by molar-refractivity contribution is -0.129. The highest BCUT2D eigenvalue weighted by atomic mass is 35.5. The molecule has 0 spiro atoms. The fraction of sp³-hybridized carbons (Fsp3) is 0.125. The van der Waals surface area contributed by atoms with E-state index in [4.69, 9.17) is 22.7 Å². The number of nitrogens with one attached hydrogen (secondary N) is 3. The number of anilines is 3. The number of nitrogen functional groups attached to an aromatic ring is 1. The Morgan fingerprint density at radius 1 is 1.18 bits per heavy atom. The lowest BCUT2D eigenvalue weighted by Gasteiger charge is -2.39. The number of pyridine rings is 2. The van der Waals surface area contributed by atoms with Gasteiger partial charge < -0.3 is 21.3 Å². The highest BCUT2D eigenvalue weighted by Gasteiger charge is 2.30. The monoisotopic (exact) mass is 475 g/mol. The van der Waals surface area contributed by atoms with Gasteiger partial charge in [-0.1, -0.05) is 30.3 Å². The molecule has 0 atom stereocenters. The van der Waals surface area contributed by atoms with Gasteiger partial charge in [0.15, 0.2) is 0 Å². The molecule has 1 aromatic carbocycles. The first-order chi connectivity index (χ1) is 16.4. The van der Waals surface area contributed by atoms with Crippen LogP contribution in [0.15, 0.2) is 67.5 Å². The number of hydrogen-bond donors (Lipinski definition) is 4. The number of halogens is 1. The summed E-state index contributed by atoms with van der Waals surface area (Å²) in [6.45, 7) is 4.53. The first-order valence-corrected chi connectivity index (χ1v) is 10.8. The van der Waals surface area contributed by atoms with Gasteiger partial charge >= 0.3 is 0 Å². The van der Waals surface area contributed by atoms with Crippen molar-refractivity contribution in [3.8, 4) is 0 Å². The van der Waals surface area contributed by atoms with Gasteiger partial charge in [0.25, 0.3) is 5.91 Å². The second-order valence-electron chi connectivity index (χ2n) is 7.65. The van der Waals surface area contributed by atoms with E-state index in [0.717, 1.165) is 0 Å². The number of aromatic nitrogens is 2. The number of nitrogens with zero attached hydrogens (tertiary/aromatic N) is 3. The number of benzene rings is 1. The molecule has 0 unspecified atom stereocenters. The van der Waals surface area contributed by atoms with E-state index >= 15 is 0 Å². The molecule has 5 N–H and O–H groups in total. The molecule has 1 aliphatic heterocycles. The zero-order chi connectivity index (χ0) is 24.2. The first kappa shape index (κ1) is 22.9. The molecule has 3 aromatic rings. The Balaban J connectivity index is 1.53. The van der Waals surface area contributed by atoms with Crippen LogP contribution < -0.4 is 16.4 Å². The number of likely N-dealkylation sites (tertiary alicyclic amines) is 1. The minimum atomic E-state index is -0.370. The molecule has 0 aliphatic carbocycles. The van der Waals surface area contributed by atoms with Crippen LogP contribution >= 0.6 is 11.6 Å². The lowest BCUT2D eigenvalue weighted by atomic mass is 9.99. The Morgan fingerprint density at radius 2 is 1.97 bits per heavy atom. The molecule has 0 radical (unpaired) electrons. The second kappa shape index (κ2) is 9.72. The van der Waals surface area contributed by atoms with Crippen LogP contribution in [0.1, 0.15) is 21.5 Å². The molecule has 0 saturated carbocycles. The van der Waals surface area contributed by atoms with Crippen LogP contribution in [0.3, 0.4) is 0 Å². The minimum absolute atomic E-state index is 0.00499. The highest BCUT2D eigenvalue weighted by Crippen LogP contribution is 2.29. The third-order valence-electron chi connectivity index (χ3n) is 5.36. The zero-order valence-corrected chi connectivity index (χ0v) is 18.8. The van der Waals surface area contributed by atoms with Gasteiger partial charge in [0.05, 0.1) is 22.3 Å². The van der Waals surface area contributed by atoms with E-state index in [-0.39, 0.29) is 34.4 Å². The standard InChI is InChI=1S/C24H22ClN7O2/c1-2-20(33)32-12-15(13-32)30-18-8-10-29-23(27)21(18)22(26)16-7-6-14(11-17(16)25)24(34)31-19-5-3-4-9-28-19/h2-11,15,26H,1,12-13H2,(H3,27,29,30)(H,28,31,34). The number of hydrogen-bond acceptors (Lipinski definition) is 7. The fourth-order valence-corrected chi connectivity index (χ4v) is 3.85. The van der Waals surface area contributed by atoms with Crippen molar-refractivity contribution in [2.24, 2.45) is 0 Å². The quantitative estimate of drug-likeness (QED) is 0.306. The van der Waals surface area contributed by atoms with Crippen molar-refractivity contribution in [3.05, 3.63) is 89.2 Å². The van der Waals surface area contributed by atoms with Gasteiger partial charge in [-0.15, -0.1) is 0 Å². The number of carbonyl (C=O) groups is 2. The lowest BCUT2D eigenvalue weighted by Crippen LogP contribution is -2.56. The molecule has 2 amide bonds. The zero-order valence-electron chi connectivity index (χ0n) is 18.1. The van der Waals surface area contributed by atoms with Gasteiger partial charge in [0, 0.05) is 42.3 Å². The third kappa shape index (κ3) is 4.74. The number of amides is 2. The summed E-state index contributed by atoms with van der Waals surface area (Å²) in [5, 5.41) is 15.0. The maximum Gasteiger partial charge on any atom is 0.256 e. The van der Waals surface area contributed by atoms with E-state index in [9.17, 15) is 9.59 Å². The van der Waals surface area contributed by atoms with E-state index in [0.29, 0.717) is 41.3 Å². The van der Waals surface area contributed by atoms with E-state index < -0.39 is 0 Å².